The van der Waals surface area contributed by atoms with Crippen LogP contribution in [0.2, 0.25) is 0 Å². The summed E-state index contributed by atoms with van der Waals surface area (Å²) < 4.78 is 16.0. The average molecular weight is 772 g/mol. The van der Waals surface area contributed by atoms with Gasteiger partial charge in [0.25, 0.3) is 0 Å². The van der Waals surface area contributed by atoms with Crippen LogP contribution >= 0.6 is 7.82 Å². The maximum atomic E-state index is 12.6. The number of nitrogens with one attached hydrogen (secondary N) is 1. The van der Waals surface area contributed by atoms with Crippen molar-refractivity contribution in [2.24, 2.45) is 0 Å². The van der Waals surface area contributed by atoms with Crippen LogP contribution in [-0.4, -0.2) is 39.6 Å². The molecule has 0 aromatic carbocycles. The Balaban J connectivity index is 3.88. The number of phosphoric acid groups is 1. The zero-order chi connectivity index (χ0) is 38.9. The Labute approximate surface area is 329 Å². The first-order valence-corrected chi connectivity index (χ1v) is 24.7. The van der Waals surface area contributed by atoms with Gasteiger partial charge in [-0.15, -0.1) is 0 Å². The summed E-state index contributed by atoms with van der Waals surface area (Å²) in [5.41, 5.74) is 0. The normalized spacial score (nSPS) is 13.2. The molecule has 0 saturated carbocycles. The molecule has 0 spiro atoms. The predicted octanol–water partition coefficient (Wildman–Crippen LogP) is 14.0. The van der Waals surface area contributed by atoms with E-state index in [-0.39, 0.29) is 5.91 Å². The molecule has 0 unspecified atom stereocenters. The summed E-state index contributed by atoms with van der Waals surface area (Å²) in [7, 11) is -4.71. The third-order valence-electron chi connectivity index (χ3n) is 10.7. The molecule has 4 N–H and O–H groups in total. The SMILES string of the molecule is CCCCCCCCCCCCCCCCC/C=C/[C@@H](O)[C@H](COP(=O)(O)O)NC(=O)CCCCCCCCCCCCCCCCCCCCCC. The summed E-state index contributed by atoms with van der Waals surface area (Å²) >= 11 is 0. The van der Waals surface area contributed by atoms with E-state index in [0.29, 0.717) is 6.42 Å². The fourth-order valence-corrected chi connectivity index (χ4v) is 7.58. The topological polar surface area (TPSA) is 116 Å². The molecule has 0 aromatic rings. The van der Waals surface area contributed by atoms with E-state index < -0.39 is 26.6 Å². The van der Waals surface area contributed by atoms with Crippen LogP contribution in [0.25, 0.3) is 0 Å². The predicted molar refractivity (Wildman–Crippen MR) is 227 cm³/mol. The van der Waals surface area contributed by atoms with Gasteiger partial charge in [0.15, 0.2) is 0 Å². The second-order valence-corrected chi connectivity index (χ2v) is 17.3. The van der Waals surface area contributed by atoms with Gasteiger partial charge in [-0.25, -0.2) is 4.57 Å². The number of carbonyl (C=O) groups is 1. The molecule has 0 aromatic heterocycles. The Bertz CT molecular complexity index is 834. The highest BCUT2D eigenvalue weighted by atomic mass is 31.2. The van der Waals surface area contributed by atoms with Gasteiger partial charge in [0.1, 0.15) is 0 Å². The summed E-state index contributed by atoms with van der Waals surface area (Å²) in [5, 5.41) is 13.4. The smallest absolute Gasteiger partial charge is 0.387 e. The van der Waals surface area contributed by atoms with Gasteiger partial charge in [0, 0.05) is 6.42 Å². The van der Waals surface area contributed by atoms with Crippen molar-refractivity contribution in [1.29, 1.82) is 0 Å². The van der Waals surface area contributed by atoms with Gasteiger partial charge in [0.2, 0.25) is 5.91 Å². The highest BCUT2D eigenvalue weighted by Crippen LogP contribution is 2.36. The molecular weight excluding hydrogens is 681 g/mol. The Morgan fingerprint density at radius 3 is 1.15 bits per heavy atom. The second kappa shape index (κ2) is 40.9. The van der Waals surface area contributed by atoms with Gasteiger partial charge < -0.3 is 20.2 Å². The molecule has 0 aliphatic rings. The highest BCUT2D eigenvalue weighted by Gasteiger charge is 2.24. The molecule has 8 heteroatoms. The van der Waals surface area contributed by atoms with E-state index >= 15 is 0 Å². The molecule has 0 aliphatic heterocycles. The summed E-state index contributed by atoms with van der Waals surface area (Å²) in [6.07, 6.45) is 49.5. The molecule has 0 radical (unpaired) electrons. The van der Waals surface area contributed by atoms with Gasteiger partial charge >= 0.3 is 7.82 Å². The van der Waals surface area contributed by atoms with Crippen molar-refractivity contribution in [3.8, 4) is 0 Å². The van der Waals surface area contributed by atoms with Crippen LogP contribution in [0.3, 0.4) is 0 Å². The third kappa shape index (κ3) is 42.3. The van der Waals surface area contributed by atoms with Crippen LogP contribution in [0.4, 0.5) is 0 Å². The van der Waals surface area contributed by atoms with Crippen LogP contribution in [0.1, 0.15) is 251 Å². The van der Waals surface area contributed by atoms with Gasteiger partial charge in [-0.1, -0.05) is 238 Å². The summed E-state index contributed by atoms with van der Waals surface area (Å²) in [6, 6.07) is -0.905. The second-order valence-electron chi connectivity index (χ2n) is 16.1. The Morgan fingerprint density at radius 1 is 0.528 bits per heavy atom. The number of rotatable bonds is 43. The lowest BCUT2D eigenvalue weighted by atomic mass is 10.0. The number of aliphatic hydroxyl groups excluding tert-OH is 1. The van der Waals surface area contributed by atoms with Crippen LogP contribution in [0.15, 0.2) is 12.2 Å². The van der Waals surface area contributed by atoms with E-state index in [0.717, 1.165) is 38.5 Å². The summed E-state index contributed by atoms with van der Waals surface area (Å²) in [6.45, 7) is 4.10. The van der Waals surface area contributed by atoms with Crippen molar-refractivity contribution in [2.45, 2.75) is 264 Å². The first-order valence-electron chi connectivity index (χ1n) is 23.1. The van der Waals surface area contributed by atoms with Crippen molar-refractivity contribution in [3.05, 3.63) is 12.2 Å². The molecular formula is C45H90NO6P. The lowest BCUT2D eigenvalue weighted by molar-refractivity contribution is -0.123. The third-order valence-corrected chi connectivity index (χ3v) is 11.2. The molecule has 2 atom stereocenters. The number of phosphoric ester groups is 1. The van der Waals surface area contributed by atoms with E-state index in [9.17, 15) is 24.3 Å². The minimum absolute atomic E-state index is 0.221. The van der Waals surface area contributed by atoms with Crippen LogP contribution in [0.5, 0.6) is 0 Å². The first kappa shape index (κ1) is 52.3. The molecule has 0 bridgehead atoms. The Morgan fingerprint density at radius 2 is 0.830 bits per heavy atom. The minimum atomic E-state index is -4.71. The number of aliphatic hydroxyl groups is 1. The zero-order valence-corrected chi connectivity index (χ0v) is 36.1. The zero-order valence-electron chi connectivity index (χ0n) is 35.2. The fourth-order valence-electron chi connectivity index (χ4n) is 7.23. The molecule has 0 aliphatic carbocycles. The maximum Gasteiger partial charge on any atom is 0.469 e. The van der Waals surface area contributed by atoms with Gasteiger partial charge in [0.05, 0.1) is 18.8 Å². The van der Waals surface area contributed by atoms with Crippen molar-refractivity contribution in [2.75, 3.05) is 6.61 Å². The van der Waals surface area contributed by atoms with Crippen LogP contribution in [0, 0.1) is 0 Å². The van der Waals surface area contributed by atoms with Crippen molar-refractivity contribution in [1.82, 2.24) is 5.32 Å². The highest BCUT2D eigenvalue weighted by molar-refractivity contribution is 7.46. The number of unbranched alkanes of at least 4 members (excludes halogenated alkanes) is 34. The van der Waals surface area contributed by atoms with E-state index in [1.807, 2.05) is 6.08 Å². The molecule has 316 valence electrons. The quantitative estimate of drug-likeness (QED) is 0.0279. The van der Waals surface area contributed by atoms with E-state index in [1.54, 1.807) is 6.08 Å². The molecule has 0 fully saturated rings. The van der Waals surface area contributed by atoms with E-state index in [1.165, 1.54) is 193 Å². The molecule has 0 saturated heterocycles. The van der Waals surface area contributed by atoms with Gasteiger partial charge in [-0.05, 0) is 19.3 Å². The van der Waals surface area contributed by atoms with Gasteiger partial charge in [-0.3, -0.25) is 9.32 Å². The number of allylic oxidation sites excluding steroid dienone is 1. The van der Waals surface area contributed by atoms with Crippen molar-refractivity contribution < 1.29 is 28.8 Å². The molecule has 0 rings (SSSR count). The molecule has 0 heterocycles. The average Bonchev–Trinajstić information content (AvgIpc) is 3.13. The number of hydrogen-bond donors (Lipinski definition) is 4. The largest absolute Gasteiger partial charge is 0.469 e. The first-order chi connectivity index (χ1) is 25.8. The molecule has 7 nitrogen and oxygen atoms in total. The Hall–Kier alpha value is -0.720. The lowest BCUT2D eigenvalue weighted by Gasteiger charge is -2.22. The maximum absolute atomic E-state index is 12.6. The van der Waals surface area contributed by atoms with Gasteiger partial charge in [-0.2, -0.15) is 0 Å². The van der Waals surface area contributed by atoms with Crippen molar-refractivity contribution in [3.63, 3.8) is 0 Å². The number of hydrogen-bond acceptors (Lipinski definition) is 4. The monoisotopic (exact) mass is 772 g/mol. The lowest BCUT2D eigenvalue weighted by Crippen LogP contribution is -2.45. The van der Waals surface area contributed by atoms with E-state index in [2.05, 4.69) is 23.7 Å². The standard InChI is InChI=1S/C45H90NO6P/c1-3-5-7-9-11-13-15-17-19-21-22-23-25-27-29-31-33-35-37-39-41-45(48)46-43(42-52-53(49,50)51)44(47)40-38-36-34-32-30-28-26-24-20-18-16-14-12-10-8-6-4-2/h38,40,43-44,47H,3-37,39,41-42H2,1-2H3,(H,46,48)(H2,49,50,51)/b40-38+/t43-,44+/m0/s1. The van der Waals surface area contributed by atoms with Crippen LogP contribution in [-0.2, 0) is 13.9 Å². The summed E-state index contributed by atoms with van der Waals surface area (Å²) in [5.74, 6) is -0.221. The Kier molecular flexibility index (Phi) is 40.4. The van der Waals surface area contributed by atoms with E-state index in [4.69, 9.17) is 0 Å². The summed E-state index contributed by atoms with van der Waals surface area (Å²) in [4.78, 5) is 31.0. The van der Waals surface area contributed by atoms with Crippen molar-refractivity contribution >= 4 is 13.7 Å². The number of carbonyl (C=O) groups excluding carboxylic acids is 1. The van der Waals surface area contributed by atoms with Crippen LogP contribution < -0.4 is 5.32 Å². The minimum Gasteiger partial charge on any atom is -0.387 e. The molecule has 1 amide bonds. The molecule has 53 heavy (non-hydrogen) atoms. The number of amides is 1. The fraction of sp³-hybridized carbons (Fsp3) is 0.933.